The Morgan fingerprint density at radius 1 is 1.36 bits per heavy atom. The van der Waals surface area contributed by atoms with Gasteiger partial charge < -0.3 is 9.64 Å². The molecule has 1 saturated heterocycles. The lowest BCUT2D eigenvalue weighted by molar-refractivity contribution is -0.0765. The van der Waals surface area contributed by atoms with E-state index in [-0.39, 0.29) is 11.5 Å². The van der Waals surface area contributed by atoms with Crippen LogP contribution in [0, 0.1) is 11.5 Å². The summed E-state index contributed by atoms with van der Waals surface area (Å²) in [6.45, 7) is 12.4. The maximum atomic E-state index is 12.5. The van der Waals surface area contributed by atoms with Crippen molar-refractivity contribution in [1.29, 1.82) is 0 Å². The number of amides is 1. The van der Waals surface area contributed by atoms with Gasteiger partial charge in [0.15, 0.2) is 0 Å². The Hall–Kier alpha value is -1.64. The molecule has 0 N–H and O–H groups in total. The number of hydrogen-bond donors (Lipinski definition) is 0. The van der Waals surface area contributed by atoms with Crippen LogP contribution >= 0.6 is 0 Å². The van der Waals surface area contributed by atoms with Crippen molar-refractivity contribution in [2.24, 2.45) is 0 Å². The normalized spacial score (nSPS) is 17.6. The standard InChI is InChI=1S/C17H24N2O2Si/c1-17(2)13-19(9-10-21-17)16(20)15-7-6-14(12-18-15)8-11-22(3,4)5/h6-7,12H,9-10,13H2,1-5H3. The van der Waals surface area contributed by atoms with E-state index in [2.05, 4.69) is 36.1 Å². The van der Waals surface area contributed by atoms with Crippen molar-refractivity contribution in [3.05, 3.63) is 29.6 Å². The quantitative estimate of drug-likeness (QED) is 0.591. The molecular weight excluding hydrogens is 292 g/mol. The van der Waals surface area contributed by atoms with Crippen molar-refractivity contribution < 1.29 is 9.53 Å². The van der Waals surface area contributed by atoms with Crippen molar-refractivity contribution in [2.75, 3.05) is 19.7 Å². The van der Waals surface area contributed by atoms with Gasteiger partial charge in [-0.1, -0.05) is 25.6 Å². The zero-order chi connectivity index (χ0) is 16.4. The minimum atomic E-state index is -1.40. The second-order valence-corrected chi connectivity index (χ2v) is 12.0. The third-order valence-corrected chi connectivity index (χ3v) is 4.15. The predicted octanol–water partition coefficient (Wildman–Crippen LogP) is 2.56. The summed E-state index contributed by atoms with van der Waals surface area (Å²) < 4.78 is 5.64. The number of ether oxygens (including phenoxy) is 1. The van der Waals surface area contributed by atoms with Crippen LogP contribution in [0.5, 0.6) is 0 Å². The molecule has 2 heterocycles. The number of carbonyl (C=O) groups is 1. The highest BCUT2D eigenvalue weighted by Crippen LogP contribution is 2.18. The van der Waals surface area contributed by atoms with Gasteiger partial charge in [0.05, 0.1) is 12.2 Å². The molecule has 2 rings (SSSR count). The summed E-state index contributed by atoms with van der Waals surface area (Å²) in [7, 11) is -1.40. The van der Waals surface area contributed by atoms with Gasteiger partial charge >= 0.3 is 0 Å². The zero-order valence-electron chi connectivity index (χ0n) is 14.1. The molecule has 118 valence electrons. The van der Waals surface area contributed by atoms with E-state index in [1.54, 1.807) is 17.2 Å². The Labute approximate surface area is 133 Å². The summed E-state index contributed by atoms with van der Waals surface area (Å²) in [5.74, 6) is 3.11. The maximum absolute atomic E-state index is 12.5. The lowest BCUT2D eigenvalue weighted by Gasteiger charge is -2.37. The number of carbonyl (C=O) groups excluding carboxylic acids is 1. The summed E-state index contributed by atoms with van der Waals surface area (Å²) in [6.07, 6.45) is 1.69. The van der Waals surface area contributed by atoms with Gasteiger partial charge in [-0.2, -0.15) is 0 Å². The Morgan fingerprint density at radius 3 is 2.64 bits per heavy atom. The molecule has 0 aromatic carbocycles. The minimum Gasteiger partial charge on any atom is -0.372 e. The van der Waals surface area contributed by atoms with E-state index in [0.29, 0.717) is 25.4 Å². The first-order chi connectivity index (χ1) is 10.2. The molecule has 1 amide bonds. The zero-order valence-corrected chi connectivity index (χ0v) is 15.1. The van der Waals surface area contributed by atoms with Crippen LogP contribution in [-0.4, -0.2) is 49.2 Å². The number of rotatable bonds is 1. The van der Waals surface area contributed by atoms with Gasteiger partial charge in [0.25, 0.3) is 5.91 Å². The second kappa shape index (κ2) is 6.23. The van der Waals surface area contributed by atoms with E-state index in [1.165, 1.54) is 0 Å². The number of aromatic nitrogens is 1. The molecule has 0 aliphatic carbocycles. The summed E-state index contributed by atoms with van der Waals surface area (Å²) >= 11 is 0. The van der Waals surface area contributed by atoms with Crippen molar-refractivity contribution in [3.63, 3.8) is 0 Å². The Balaban J connectivity index is 2.09. The van der Waals surface area contributed by atoms with Gasteiger partial charge in [0, 0.05) is 24.8 Å². The smallest absolute Gasteiger partial charge is 0.272 e. The molecule has 0 radical (unpaired) electrons. The van der Waals surface area contributed by atoms with Gasteiger partial charge in [0.2, 0.25) is 0 Å². The molecule has 0 unspecified atom stereocenters. The van der Waals surface area contributed by atoms with Crippen LogP contribution < -0.4 is 0 Å². The Morgan fingerprint density at radius 2 is 2.09 bits per heavy atom. The topological polar surface area (TPSA) is 42.4 Å². The fourth-order valence-electron chi connectivity index (χ4n) is 2.21. The van der Waals surface area contributed by atoms with Crippen LogP contribution in [0.3, 0.4) is 0 Å². The van der Waals surface area contributed by atoms with Crippen LogP contribution in [0.1, 0.15) is 29.9 Å². The van der Waals surface area contributed by atoms with Crippen LogP contribution in [0.25, 0.3) is 0 Å². The van der Waals surface area contributed by atoms with Gasteiger partial charge in [-0.15, -0.1) is 5.54 Å². The monoisotopic (exact) mass is 316 g/mol. The first kappa shape index (κ1) is 16.7. The van der Waals surface area contributed by atoms with Crippen LogP contribution in [0.15, 0.2) is 18.3 Å². The van der Waals surface area contributed by atoms with Crippen molar-refractivity contribution >= 4 is 14.0 Å². The average molecular weight is 316 g/mol. The van der Waals surface area contributed by atoms with Gasteiger partial charge in [-0.05, 0) is 26.0 Å². The van der Waals surface area contributed by atoms with E-state index in [1.807, 2.05) is 19.9 Å². The van der Waals surface area contributed by atoms with Crippen LogP contribution in [0.2, 0.25) is 19.6 Å². The second-order valence-electron chi connectivity index (χ2n) is 7.27. The first-order valence-corrected chi connectivity index (χ1v) is 11.1. The highest BCUT2D eigenvalue weighted by Gasteiger charge is 2.30. The molecule has 1 aliphatic heterocycles. The molecule has 0 atom stereocenters. The molecule has 22 heavy (non-hydrogen) atoms. The molecule has 5 heteroatoms. The van der Waals surface area contributed by atoms with Crippen LogP contribution in [0.4, 0.5) is 0 Å². The first-order valence-electron chi connectivity index (χ1n) is 7.59. The molecule has 0 spiro atoms. The maximum Gasteiger partial charge on any atom is 0.272 e. The Bertz CT molecular complexity index is 606. The molecule has 1 aliphatic rings. The molecule has 1 aromatic heterocycles. The van der Waals surface area contributed by atoms with Crippen molar-refractivity contribution in [3.8, 4) is 11.5 Å². The fraction of sp³-hybridized carbons (Fsp3) is 0.529. The largest absolute Gasteiger partial charge is 0.372 e. The van der Waals surface area contributed by atoms with Crippen molar-refractivity contribution in [2.45, 2.75) is 39.1 Å². The molecule has 0 bridgehead atoms. The molecular formula is C17H24N2O2Si. The highest BCUT2D eigenvalue weighted by molar-refractivity contribution is 6.83. The van der Waals surface area contributed by atoms with Gasteiger partial charge in [0.1, 0.15) is 13.8 Å². The molecule has 1 aromatic rings. The van der Waals surface area contributed by atoms with E-state index >= 15 is 0 Å². The summed E-state index contributed by atoms with van der Waals surface area (Å²) in [5.41, 5.74) is 4.33. The SMILES string of the molecule is CC1(C)CN(C(=O)c2ccc(C#C[Si](C)(C)C)cn2)CCO1. The predicted molar refractivity (Wildman–Crippen MR) is 90.4 cm³/mol. The van der Waals surface area contributed by atoms with E-state index in [9.17, 15) is 4.79 Å². The van der Waals surface area contributed by atoms with E-state index in [4.69, 9.17) is 4.74 Å². The Kier molecular flexibility index (Phi) is 4.74. The molecule has 0 saturated carbocycles. The average Bonchev–Trinajstić information content (AvgIpc) is 2.43. The van der Waals surface area contributed by atoms with E-state index in [0.717, 1.165) is 5.56 Å². The molecule has 4 nitrogen and oxygen atoms in total. The fourth-order valence-corrected chi connectivity index (χ4v) is 2.73. The number of morpholine rings is 1. The molecule has 1 fully saturated rings. The number of pyridine rings is 1. The lowest BCUT2D eigenvalue weighted by atomic mass is 10.1. The van der Waals surface area contributed by atoms with Gasteiger partial charge in [-0.25, -0.2) is 4.98 Å². The minimum absolute atomic E-state index is 0.0407. The third-order valence-electron chi connectivity index (χ3n) is 3.28. The van der Waals surface area contributed by atoms with Crippen molar-refractivity contribution in [1.82, 2.24) is 9.88 Å². The van der Waals surface area contributed by atoms with Crippen LogP contribution in [-0.2, 0) is 4.74 Å². The van der Waals surface area contributed by atoms with Gasteiger partial charge in [-0.3, -0.25) is 4.79 Å². The summed E-state index contributed by atoms with van der Waals surface area (Å²) in [6, 6.07) is 3.64. The number of nitrogens with zero attached hydrogens (tertiary/aromatic N) is 2. The van der Waals surface area contributed by atoms with E-state index < -0.39 is 8.07 Å². The number of hydrogen-bond acceptors (Lipinski definition) is 3. The summed E-state index contributed by atoms with van der Waals surface area (Å²) in [5, 5.41) is 0. The lowest BCUT2D eigenvalue weighted by Crippen LogP contribution is -2.50. The third kappa shape index (κ3) is 4.69. The summed E-state index contributed by atoms with van der Waals surface area (Å²) in [4.78, 5) is 18.6. The highest BCUT2D eigenvalue weighted by atomic mass is 28.3.